The molecule has 3 saturated heterocycles. The number of nitriles is 3. The molecule has 0 radical (unpaired) electrons. The van der Waals surface area contributed by atoms with Crippen LogP contribution in [0.4, 0.5) is 0 Å². The minimum atomic E-state index is -1.84. The predicted octanol–water partition coefficient (Wildman–Crippen LogP) is 2.06. The minimum Gasteiger partial charge on any atom is -0.448 e. The van der Waals surface area contributed by atoms with Crippen molar-refractivity contribution in [2.24, 2.45) is 16.7 Å². The van der Waals surface area contributed by atoms with Crippen LogP contribution in [0.1, 0.15) is 25.5 Å². The SMILES string of the molecule is CC1C2(C)OC(=N)C(C#N)(C(c3ccncc3)O2)C1(C#N)C#N. The number of rotatable bonds is 1. The lowest BCUT2D eigenvalue weighted by molar-refractivity contribution is -0.338. The van der Waals surface area contributed by atoms with Crippen molar-refractivity contribution < 1.29 is 9.47 Å². The number of aromatic nitrogens is 1. The summed E-state index contributed by atoms with van der Waals surface area (Å²) < 4.78 is 11.5. The maximum Gasteiger partial charge on any atom is 0.215 e. The first-order valence-corrected chi connectivity index (χ1v) is 7.01. The van der Waals surface area contributed by atoms with Crippen molar-refractivity contribution in [3.05, 3.63) is 30.1 Å². The van der Waals surface area contributed by atoms with Gasteiger partial charge in [0.2, 0.25) is 11.7 Å². The Morgan fingerprint density at radius 3 is 2.30 bits per heavy atom. The molecule has 0 aliphatic carbocycles. The molecule has 3 aliphatic heterocycles. The number of hydrogen-bond donors (Lipinski definition) is 1. The molecule has 4 heterocycles. The number of nitrogens with one attached hydrogen (secondary N) is 1. The van der Waals surface area contributed by atoms with Crippen LogP contribution in [-0.2, 0) is 9.47 Å². The molecule has 7 nitrogen and oxygen atoms in total. The first kappa shape index (κ1) is 15.0. The maximum atomic E-state index is 9.90. The smallest absolute Gasteiger partial charge is 0.215 e. The zero-order valence-corrected chi connectivity index (χ0v) is 12.6. The van der Waals surface area contributed by atoms with Crippen LogP contribution in [0.15, 0.2) is 24.5 Å². The molecule has 3 fully saturated rings. The second-order valence-corrected chi connectivity index (χ2v) is 5.90. The van der Waals surface area contributed by atoms with Gasteiger partial charge < -0.3 is 9.47 Å². The Balaban J connectivity index is 2.35. The molecule has 0 aromatic carbocycles. The average molecular weight is 307 g/mol. The quantitative estimate of drug-likeness (QED) is 0.846. The van der Waals surface area contributed by atoms with Crippen LogP contribution in [0.3, 0.4) is 0 Å². The van der Waals surface area contributed by atoms with E-state index in [9.17, 15) is 15.8 Å². The molecule has 0 amide bonds. The standard InChI is InChI=1S/C16H13N5O2/c1-10-14(2)22-12(11-3-5-21-6-4-11)16(9-19,13(20)23-14)15(10,7-17)8-18/h3-6,10,12,20H,1-2H3. The summed E-state index contributed by atoms with van der Waals surface area (Å²) in [6.45, 7) is 3.22. The third-order valence-electron chi connectivity index (χ3n) is 5.00. The van der Waals surface area contributed by atoms with E-state index in [0.29, 0.717) is 5.56 Å². The van der Waals surface area contributed by atoms with Crippen molar-refractivity contribution in [1.82, 2.24) is 4.98 Å². The highest BCUT2D eigenvalue weighted by Crippen LogP contribution is 2.66. The summed E-state index contributed by atoms with van der Waals surface area (Å²) in [5.41, 5.74) is -3.02. The molecule has 0 spiro atoms. The van der Waals surface area contributed by atoms with Crippen LogP contribution in [0, 0.1) is 56.2 Å². The van der Waals surface area contributed by atoms with Gasteiger partial charge in [0.1, 0.15) is 6.10 Å². The minimum absolute atomic E-state index is 0.406. The van der Waals surface area contributed by atoms with Crippen LogP contribution in [0.5, 0.6) is 0 Å². The lowest BCUT2D eigenvalue weighted by Gasteiger charge is -2.60. The molecular formula is C16H13N5O2. The second kappa shape index (κ2) is 4.52. The number of hydrogen-bond acceptors (Lipinski definition) is 7. The molecule has 1 aromatic heterocycles. The Morgan fingerprint density at radius 1 is 1.17 bits per heavy atom. The van der Waals surface area contributed by atoms with Crippen LogP contribution in [0.2, 0.25) is 0 Å². The Kier molecular flexibility index (Phi) is 2.94. The van der Waals surface area contributed by atoms with Gasteiger partial charge in [0.25, 0.3) is 0 Å². The predicted molar refractivity (Wildman–Crippen MR) is 76.1 cm³/mol. The number of ether oxygens (including phenoxy) is 2. The molecule has 23 heavy (non-hydrogen) atoms. The third-order valence-corrected chi connectivity index (χ3v) is 5.00. The van der Waals surface area contributed by atoms with E-state index in [-0.39, 0.29) is 0 Å². The highest BCUT2D eigenvalue weighted by Gasteiger charge is 2.77. The van der Waals surface area contributed by atoms with E-state index in [2.05, 4.69) is 4.98 Å². The van der Waals surface area contributed by atoms with E-state index in [4.69, 9.17) is 14.9 Å². The van der Waals surface area contributed by atoms with Gasteiger partial charge in [0.05, 0.1) is 24.1 Å². The van der Waals surface area contributed by atoms with Crippen molar-refractivity contribution in [3.8, 4) is 18.2 Å². The summed E-state index contributed by atoms with van der Waals surface area (Å²) in [6.07, 6.45) is 2.10. The molecule has 1 aromatic rings. The van der Waals surface area contributed by atoms with E-state index in [1.807, 2.05) is 18.2 Å². The van der Waals surface area contributed by atoms with E-state index < -0.39 is 34.5 Å². The van der Waals surface area contributed by atoms with Gasteiger partial charge in [-0.3, -0.25) is 10.4 Å². The lowest BCUT2D eigenvalue weighted by Crippen LogP contribution is -2.71. The number of pyridine rings is 1. The molecule has 2 bridgehead atoms. The molecule has 7 heteroatoms. The van der Waals surface area contributed by atoms with Crippen LogP contribution in [-0.4, -0.2) is 16.7 Å². The molecule has 114 valence electrons. The topological polar surface area (TPSA) is 127 Å². The van der Waals surface area contributed by atoms with E-state index in [0.717, 1.165) is 0 Å². The van der Waals surface area contributed by atoms with Gasteiger partial charge in [0.15, 0.2) is 10.8 Å². The van der Waals surface area contributed by atoms with Crippen molar-refractivity contribution in [3.63, 3.8) is 0 Å². The molecule has 3 aliphatic rings. The van der Waals surface area contributed by atoms with Crippen molar-refractivity contribution >= 4 is 5.90 Å². The zero-order chi connectivity index (χ0) is 16.9. The van der Waals surface area contributed by atoms with Gasteiger partial charge in [-0.15, -0.1) is 0 Å². The Hall–Kier alpha value is -2.95. The van der Waals surface area contributed by atoms with Gasteiger partial charge in [0, 0.05) is 19.3 Å². The summed E-state index contributed by atoms with van der Waals surface area (Å²) in [6, 6.07) is 9.28. The van der Waals surface area contributed by atoms with Crippen LogP contribution >= 0.6 is 0 Å². The summed E-state index contributed by atoms with van der Waals surface area (Å²) >= 11 is 0. The summed E-state index contributed by atoms with van der Waals surface area (Å²) in [7, 11) is 0. The van der Waals surface area contributed by atoms with Gasteiger partial charge >= 0.3 is 0 Å². The van der Waals surface area contributed by atoms with Crippen molar-refractivity contribution in [2.75, 3.05) is 0 Å². The van der Waals surface area contributed by atoms with E-state index >= 15 is 0 Å². The summed E-state index contributed by atoms with van der Waals surface area (Å²) in [5.74, 6) is -2.46. The fraction of sp³-hybridized carbons (Fsp3) is 0.438. The van der Waals surface area contributed by atoms with Crippen molar-refractivity contribution in [2.45, 2.75) is 25.7 Å². The van der Waals surface area contributed by atoms with Gasteiger partial charge in [-0.1, -0.05) is 6.92 Å². The first-order chi connectivity index (χ1) is 10.9. The van der Waals surface area contributed by atoms with E-state index in [1.165, 1.54) is 12.4 Å². The lowest BCUT2D eigenvalue weighted by atomic mass is 9.51. The molecule has 1 N–H and O–H groups in total. The normalized spacial score (nSPS) is 37.1. The van der Waals surface area contributed by atoms with Crippen molar-refractivity contribution in [1.29, 1.82) is 21.2 Å². The zero-order valence-electron chi connectivity index (χ0n) is 12.6. The highest BCUT2D eigenvalue weighted by molar-refractivity contribution is 5.88. The molecule has 4 atom stereocenters. The Labute approximate surface area is 133 Å². The number of nitrogens with zero attached hydrogens (tertiary/aromatic N) is 4. The largest absolute Gasteiger partial charge is 0.448 e. The van der Waals surface area contributed by atoms with Crippen LogP contribution in [0.25, 0.3) is 0 Å². The van der Waals surface area contributed by atoms with Gasteiger partial charge in [-0.05, 0) is 17.7 Å². The van der Waals surface area contributed by atoms with Gasteiger partial charge in [-0.25, -0.2) is 0 Å². The summed E-state index contributed by atoms with van der Waals surface area (Å²) in [4.78, 5) is 3.93. The first-order valence-electron chi connectivity index (χ1n) is 7.01. The molecular weight excluding hydrogens is 294 g/mol. The molecule has 0 saturated carbocycles. The monoisotopic (exact) mass is 307 g/mol. The Morgan fingerprint density at radius 2 is 1.78 bits per heavy atom. The maximum absolute atomic E-state index is 9.90. The van der Waals surface area contributed by atoms with Gasteiger partial charge in [-0.2, -0.15) is 15.8 Å². The third kappa shape index (κ3) is 1.49. The average Bonchev–Trinajstić information content (AvgIpc) is 2.57. The van der Waals surface area contributed by atoms with Crippen LogP contribution < -0.4 is 0 Å². The number of fused-ring (bicyclic) bond motifs is 3. The van der Waals surface area contributed by atoms with E-state index in [1.54, 1.807) is 26.0 Å². The highest BCUT2D eigenvalue weighted by atomic mass is 16.7. The molecule has 4 unspecified atom stereocenters. The fourth-order valence-corrected chi connectivity index (χ4v) is 3.51. The second-order valence-electron chi connectivity index (χ2n) is 5.90. The fourth-order valence-electron chi connectivity index (χ4n) is 3.51. The summed E-state index contributed by atoms with van der Waals surface area (Å²) in [5, 5.41) is 37.7. The Bertz CT molecular complexity index is 788. The molecule has 4 rings (SSSR count).